The number of aromatic carboxylic acids is 1. The van der Waals surface area contributed by atoms with Crippen LogP contribution < -0.4 is 18.9 Å². The third-order valence-corrected chi connectivity index (χ3v) is 22.1. The Morgan fingerprint density at radius 1 is 0.509 bits per heavy atom. The summed E-state index contributed by atoms with van der Waals surface area (Å²) in [4.78, 5) is 42.2. The summed E-state index contributed by atoms with van der Waals surface area (Å²) in [5, 5.41) is 44.9. The van der Waals surface area contributed by atoms with Gasteiger partial charge in [-0.3, -0.25) is 18.6 Å². The van der Waals surface area contributed by atoms with E-state index < -0.39 is 13.1 Å². The summed E-state index contributed by atoms with van der Waals surface area (Å²) in [6, 6.07) is 40.2. The molecular weight excluding hydrogens is 1520 g/mol. The van der Waals surface area contributed by atoms with E-state index in [2.05, 4.69) is 90.2 Å². The number of carboxylic acids is 1. The molecule has 0 radical (unpaired) electrons. The van der Waals surface area contributed by atoms with Gasteiger partial charge in [0.1, 0.15) is 4.60 Å². The average Bonchev–Trinajstić information content (AvgIpc) is 1.58. The number of fused-ring (bicyclic) bond motifs is 3. The van der Waals surface area contributed by atoms with Gasteiger partial charge in [0, 0.05) is 117 Å². The molecule has 0 aliphatic heterocycles. The first-order chi connectivity index (χ1) is 48.9. The number of nitrogens with zero attached hydrogens (tertiary/aromatic N) is 9. The molecule has 0 saturated heterocycles. The molecule has 0 amide bonds. The number of hydrogen-bond donors (Lipinski definition) is 3. The largest absolute Gasteiger partial charge is 1.00 e. The molecule has 6 heterocycles. The second-order valence-electron chi connectivity index (χ2n) is 24.9. The first-order valence-electron chi connectivity index (χ1n) is 34.0. The number of hydrogen-bond acceptors (Lipinski definition) is 14. The summed E-state index contributed by atoms with van der Waals surface area (Å²) in [5.41, 5.74) is 10.2. The Bertz CT molecular complexity index is 4990. The second kappa shape index (κ2) is 39.3. The third kappa shape index (κ3) is 20.4. The van der Waals surface area contributed by atoms with Crippen LogP contribution in [-0.2, 0) is 29.1 Å². The van der Waals surface area contributed by atoms with Crippen molar-refractivity contribution >= 4 is 144 Å². The van der Waals surface area contributed by atoms with Crippen molar-refractivity contribution in [3.63, 3.8) is 0 Å². The van der Waals surface area contributed by atoms with Gasteiger partial charge in [-0.15, -0.1) is 0 Å². The number of carbonyl (C=O) groups excluding carboxylic acids is 2. The van der Waals surface area contributed by atoms with E-state index in [-0.39, 0.29) is 62.4 Å². The first kappa shape index (κ1) is 86.1. The molecule has 3 saturated carbocycles. The standard InChI is InChI=1S/C26H26ClN3O2S.C24H22ClN3O2S.C23H21BrClN3O2S.C3H7BO2.2CH4.Li.2H2O/c1-3-12-29-16-20(15-28-29)30-23-14-19(27)10-11-22(23)25(24(30)17-8-9-17)33-21-7-5-6-18(13-21)26(31)32-4-2;1-2-10-27-14-18(13-26-27)28-21-12-17(25)8-9-20(21)23(22(28)15-6-7-15)31-19-5-3-4-16(11-19)24(29)30;1-3-10-27-14-17(13-26-27)28-20-12-16(25)8-9-19(20)21(22(28)24)31-18-7-5-6-15(11-18)23(29)30-4-2;5-4(6)3-1-2-3;;;;;/h5-7,10-11,13-17H,3-4,8-9,12H2,1-2H3;3-5,8-9,11-15H,2,6-7,10H2,1H3,(H,29,30);5-9,11-14H,3-4,10H2,1-2H3;3,5-6H,1-2H2;2*1H4;;2*1H2/q;;;;;;+1;;/p-1. The molecule has 6 N–H and O–H groups in total. The SMILES string of the molecule is C.C.CCCn1cc(-n2c(Br)c(Sc3cccc(C(=O)OCC)c3)c3ccc(Cl)cc32)cn1.CCCn1cc(-n2c(C3CC3)c(Sc3cccc(C(=O)O)c3)c3ccc(Cl)cc32)cn1.CCCn1cc(-n2c(C3CC3)c(Sc3cccc(C(=O)OCC)c3)c3ccc(Cl)cc32)cn1.O.OB(O)C1CC1.[Li+].[OH-]. The molecule has 0 atom stereocenters. The summed E-state index contributed by atoms with van der Waals surface area (Å²) in [5.74, 6) is -0.332. The first-order valence-corrected chi connectivity index (χ1v) is 38.4. The fourth-order valence-corrected chi connectivity index (χ4v) is 16.8. The van der Waals surface area contributed by atoms with Gasteiger partial charge in [0.05, 0.1) is 87.0 Å². The molecule has 3 fully saturated rings. The minimum Gasteiger partial charge on any atom is -0.870 e. The monoisotopic (exact) mass is 1610 g/mol. The Morgan fingerprint density at radius 2 is 0.849 bits per heavy atom. The fourth-order valence-electron chi connectivity index (χ4n) is 12.0. The number of ether oxygens (including phenoxy) is 2. The van der Waals surface area contributed by atoms with E-state index in [9.17, 15) is 19.5 Å². The summed E-state index contributed by atoms with van der Waals surface area (Å²) in [6.45, 7) is 13.4. The fraction of sp³-hybridized carbons (Fsp3) is 0.308. The minimum atomic E-state index is -1.04. The number of carbonyl (C=O) groups is 3. The van der Waals surface area contributed by atoms with Crippen LogP contribution in [0.25, 0.3) is 49.8 Å². The average molecular weight is 1610 g/mol. The maximum absolute atomic E-state index is 12.3. The zero-order valence-corrected chi connectivity index (χ0v) is 64.7. The molecule has 15 rings (SSSR count). The van der Waals surface area contributed by atoms with Crippen LogP contribution in [-0.4, -0.2) is 107 Å². The van der Waals surface area contributed by atoms with E-state index in [0.29, 0.717) is 56.8 Å². The molecule has 0 bridgehead atoms. The van der Waals surface area contributed by atoms with Crippen LogP contribution >= 0.6 is 86.0 Å². The van der Waals surface area contributed by atoms with Gasteiger partial charge >= 0.3 is 43.9 Å². The maximum Gasteiger partial charge on any atom is 1.00 e. The van der Waals surface area contributed by atoms with E-state index >= 15 is 0 Å². The number of aryl methyl sites for hydroxylation is 3. The van der Waals surface area contributed by atoms with Gasteiger partial charge in [0.2, 0.25) is 0 Å². The number of esters is 2. The van der Waals surface area contributed by atoms with E-state index in [4.69, 9.17) is 54.3 Å². The number of halogens is 4. The minimum absolute atomic E-state index is 0. The van der Waals surface area contributed by atoms with Crippen molar-refractivity contribution in [3.8, 4) is 17.1 Å². The predicted molar refractivity (Wildman–Crippen MR) is 427 cm³/mol. The van der Waals surface area contributed by atoms with Crippen LogP contribution in [0, 0.1) is 0 Å². The zero-order chi connectivity index (χ0) is 71.0. The maximum atomic E-state index is 12.3. The van der Waals surface area contributed by atoms with Crippen molar-refractivity contribution < 1.29 is 68.8 Å². The predicted octanol–water partition coefficient (Wildman–Crippen LogP) is 17.6. The van der Waals surface area contributed by atoms with Crippen molar-refractivity contribution in [1.29, 1.82) is 0 Å². The van der Waals surface area contributed by atoms with Crippen LogP contribution in [0.2, 0.25) is 20.9 Å². The van der Waals surface area contributed by atoms with Gasteiger partial charge in [-0.1, -0.05) is 155 Å². The Labute approximate surface area is 666 Å². The van der Waals surface area contributed by atoms with Crippen molar-refractivity contribution in [1.82, 2.24) is 43.0 Å². The van der Waals surface area contributed by atoms with Gasteiger partial charge in [0.25, 0.3) is 0 Å². The number of carboxylic acid groups (broad SMARTS) is 1. The van der Waals surface area contributed by atoms with Gasteiger partial charge in [0.15, 0.2) is 0 Å². The Hall–Kier alpha value is -7.12. The Kier molecular flexibility index (Phi) is 31.9. The molecule has 3 aliphatic carbocycles. The van der Waals surface area contributed by atoms with Crippen molar-refractivity contribution in [2.24, 2.45) is 0 Å². The smallest absolute Gasteiger partial charge is 0.870 e. The van der Waals surface area contributed by atoms with Crippen LogP contribution in [0.3, 0.4) is 0 Å². The van der Waals surface area contributed by atoms with Crippen LogP contribution in [0.1, 0.15) is 162 Å². The molecular formula is C78H87BBrCl3LiN9O10S3. The summed E-state index contributed by atoms with van der Waals surface area (Å²) in [6.07, 6.45) is 21.7. The number of aromatic nitrogens is 9. The van der Waals surface area contributed by atoms with Crippen LogP contribution in [0.4, 0.5) is 0 Å². The molecule has 28 heteroatoms. The molecule has 6 aromatic carbocycles. The molecule has 12 aromatic rings. The van der Waals surface area contributed by atoms with Gasteiger partial charge in [-0.2, -0.15) is 15.3 Å². The number of rotatable bonds is 23. The third-order valence-electron chi connectivity index (χ3n) is 17.1. The Balaban J connectivity index is 0.000000208. The van der Waals surface area contributed by atoms with Crippen molar-refractivity contribution in [2.45, 2.75) is 174 Å². The summed E-state index contributed by atoms with van der Waals surface area (Å²) in [7, 11) is -1.04. The molecule has 6 aromatic heterocycles. The molecule has 554 valence electrons. The molecule has 19 nitrogen and oxygen atoms in total. The quantitative estimate of drug-likeness (QED) is 0.0397. The summed E-state index contributed by atoms with van der Waals surface area (Å²) >= 11 is 27.9. The van der Waals surface area contributed by atoms with Crippen LogP contribution in [0.5, 0.6) is 0 Å². The number of benzene rings is 6. The van der Waals surface area contributed by atoms with Crippen molar-refractivity contribution in [3.05, 3.63) is 212 Å². The van der Waals surface area contributed by atoms with Gasteiger partial charge < -0.3 is 44.7 Å². The molecule has 3 aliphatic rings. The molecule has 0 spiro atoms. The van der Waals surface area contributed by atoms with E-state index in [1.165, 1.54) is 34.0 Å². The zero-order valence-electron chi connectivity index (χ0n) is 58.4. The van der Waals surface area contributed by atoms with E-state index in [0.717, 1.165) is 139 Å². The van der Waals surface area contributed by atoms with E-state index in [1.807, 2.05) is 131 Å². The normalized spacial score (nSPS) is 12.7. The molecule has 0 unspecified atom stereocenters. The topological polar surface area (TPSA) is 260 Å². The van der Waals surface area contributed by atoms with Crippen LogP contribution in [0.15, 0.2) is 199 Å². The van der Waals surface area contributed by atoms with Crippen molar-refractivity contribution in [2.75, 3.05) is 13.2 Å². The van der Waals surface area contributed by atoms with Gasteiger partial charge in [-0.25, -0.2) is 14.4 Å². The Morgan fingerprint density at radius 3 is 1.18 bits per heavy atom. The van der Waals surface area contributed by atoms with Gasteiger partial charge in [-0.05, 0) is 172 Å². The molecule has 106 heavy (non-hydrogen) atoms. The second-order valence-corrected chi connectivity index (χ2v) is 30.2. The summed E-state index contributed by atoms with van der Waals surface area (Å²) < 4.78 is 23.9. The van der Waals surface area contributed by atoms with E-state index in [1.54, 1.807) is 72.5 Å².